The number of aromatic amines is 1. The first-order valence-corrected chi connectivity index (χ1v) is 10.2. The van der Waals surface area contributed by atoms with Crippen molar-refractivity contribution in [3.8, 4) is 0 Å². The Morgan fingerprint density at radius 2 is 2.08 bits per heavy atom. The summed E-state index contributed by atoms with van der Waals surface area (Å²) in [4.78, 5) is 17.2. The Balaban J connectivity index is 1.23. The van der Waals surface area contributed by atoms with Gasteiger partial charge in [0.2, 0.25) is 5.91 Å². The molecule has 138 valence electrons. The van der Waals surface area contributed by atoms with Gasteiger partial charge in [0.1, 0.15) is 0 Å². The molecule has 3 fully saturated rings. The van der Waals surface area contributed by atoms with Crippen molar-refractivity contribution in [1.29, 1.82) is 0 Å². The van der Waals surface area contributed by atoms with Crippen molar-refractivity contribution in [1.82, 2.24) is 20.0 Å². The molecule has 1 aromatic rings. The topological polar surface area (TPSA) is 52.2 Å². The number of hydrogen-bond acceptors (Lipinski definition) is 3. The Kier molecular flexibility index (Phi) is 4.85. The fourth-order valence-electron chi connectivity index (χ4n) is 5.00. The number of carbonyl (C=O) groups excluding carboxylic acids is 1. The Bertz CT molecular complexity index is 603. The molecule has 5 nitrogen and oxygen atoms in total. The van der Waals surface area contributed by atoms with Crippen LogP contribution in [0.15, 0.2) is 6.07 Å². The van der Waals surface area contributed by atoms with Crippen LogP contribution in [-0.4, -0.2) is 58.1 Å². The maximum absolute atomic E-state index is 12.6. The molecule has 25 heavy (non-hydrogen) atoms. The summed E-state index contributed by atoms with van der Waals surface area (Å²) in [5, 5.41) is 7.64. The third-order valence-corrected chi connectivity index (χ3v) is 6.63. The SMILES string of the molecule is CC(C)c1cc(C2CCN(C(=O)CCN3C[C@@H]4CC[C@H]3C4)CC2)[nH]n1. The molecule has 2 saturated heterocycles. The van der Waals surface area contributed by atoms with Crippen LogP contribution >= 0.6 is 0 Å². The molecule has 2 aliphatic heterocycles. The zero-order valence-corrected chi connectivity index (χ0v) is 15.7. The van der Waals surface area contributed by atoms with Crippen LogP contribution in [0.1, 0.15) is 75.6 Å². The third kappa shape index (κ3) is 3.62. The molecule has 0 spiro atoms. The van der Waals surface area contributed by atoms with Crippen LogP contribution in [0.3, 0.4) is 0 Å². The average Bonchev–Trinajstić information content (AvgIpc) is 3.35. The van der Waals surface area contributed by atoms with Crippen LogP contribution in [-0.2, 0) is 4.79 Å². The van der Waals surface area contributed by atoms with E-state index in [0.717, 1.165) is 50.1 Å². The summed E-state index contributed by atoms with van der Waals surface area (Å²) < 4.78 is 0. The predicted molar refractivity (Wildman–Crippen MR) is 98.6 cm³/mol. The Morgan fingerprint density at radius 1 is 1.28 bits per heavy atom. The third-order valence-electron chi connectivity index (χ3n) is 6.63. The van der Waals surface area contributed by atoms with E-state index in [1.165, 1.54) is 31.5 Å². The molecule has 0 unspecified atom stereocenters. The summed E-state index contributed by atoms with van der Waals surface area (Å²) in [6, 6.07) is 2.99. The lowest BCUT2D eigenvalue weighted by molar-refractivity contribution is -0.132. The van der Waals surface area contributed by atoms with Gasteiger partial charge in [-0.15, -0.1) is 0 Å². The molecular formula is C20H32N4O. The highest BCUT2D eigenvalue weighted by atomic mass is 16.2. The van der Waals surface area contributed by atoms with Crippen molar-refractivity contribution in [3.63, 3.8) is 0 Å². The zero-order valence-electron chi connectivity index (χ0n) is 15.7. The van der Waals surface area contributed by atoms with Crippen LogP contribution in [0.5, 0.6) is 0 Å². The van der Waals surface area contributed by atoms with Crippen LogP contribution in [0.4, 0.5) is 0 Å². The van der Waals surface area contributed by atoms with Crippen molar-refractivity contribution in [3.05, 3.63) is 17.5 Å². The van der Waals surface area contributed by atoms with Gasteiger partial charge in [-0.1, -0.05) is 13.8 Å². The smallest absolute Gasteiger partial charge is 0.223 e. The van der Waals surface area contributed by atoms with Crippen LogP contribution < -0.4 is 0 Å². The maximum Gasteiger partial charge on any atom is 0.223 e. The summed E-state index contributed by atoms with van der Waals surface area (Å²) in [6.45, 7) is 8.34. The monoisotopic (exact) mass is 344 g/mol. The number of fused-ring (bicyclic) bond motifs is 2. The van der Waals surface area contributed by atoms with E-state index in [9.17, 15) is 4.79 Å². The highest BCUT2D eigenvalue weighted by Gasteiger charge is 2.37. The number of nitrogens with one attached hydrogen (secondary N) is 1. The number of H-pyrrole nitrogens is 1. The first-order chi connectivity index (χ1) is 12.1. The van der Waals surface area contributed by atoms with Crippen molar-refractivity contribution in [2.75, 3.05) is 26.2 Å². The van der Waals surface area contributed by atoms with Gasteiger partial charge < -0.3 is 4.90 Å². The van der Waals surface area contributed by atoms with E-state index >= 15 is 0 Å². The standard InChI is InChI=1S/C20H32N4O/c1-14(2)18-12-19(22-21-18)16-5-8-23(9-6-16)20(25)7-10-24-13-15-3-4-17(24)11-15/h12,14-17H,3-11,13H2,1-2H3,(H,21,22)/t15-,17+/m1/s1. The molecule has 2 bridgehead atoms. The number of rotatable bonds is 5. The highest BCUT2D eigenvalue weighted by molar-refractivity contribution is 5.76. The lowest BCUT2D eigenvalue weighted by Gasteiger charge is -2.33. The lowest BCUT2D eigenvalue weighted by Crippen LogP contribution is -2.40. The fraction of sp³-hybridized carbons (Fsp3) is 0.800. The van der Waals surface area contributed by atoms with E-state index in [0.29, 0.717) is 24.2 Å². The molecule has 2 atom stereocenters. The molecule has 1 amide bonds. The van der Waals surface area contributed by atoms with Gasteiger partial charge in [0, 0.05) is 50.3 Å². The number of carbonyl (C=O) groups is 1. The van der Waals surface area contributed by atoms with E-state index in [-0.39, 0.29) is 0 Å². The molecule has 0 radical (unpaired) electrons. The van der Waals surface area contributed by atoms with E-state index in [4.69, 9.17) is 0 Å². The van der Waals surface area contributed by atoms with Crippen LogP contribution in [0.2, 0.25) is 0 Å². The number of likely N-dealkylation sites (tertiary alicyclic amines) is 2. The number of piperidine rings is 2. The molecule has 3 aliphatic rings. The summed E-state index contributed by atoms with van der Waals surface area (Å²) in [6.07, 6.45) is 6.96. The van der Waals surface area contributed by atoms with Gasteiger partial charge in [0.05, 0.1) is 5.69 Å². The van der Waals surface area contributed by atoms with Gasteiger partial charge in [0.25, 0.3) is 0 Å². The maximum atomic E-state index is 12.6. The average molecular weight is 345 g/mol. The number of nitrogens with zero attached hydrogens (tertiary/aromatic N) is 3. The second-order valence-corrected chi connectivity index (χ2v) is 8.64. The molecule has 3 heterocycles. The minimum Gasteiger partial charge on any atom is -0.343 e. The molecule has 1 saturated carbocycles. The first-order valence-electron chi connectivity index (χ1n) is 10.2. The number of aromatic nitrogens is 2. The highest BCUT2D eigenvalue weighted by Crippen LogP contribution is 2.37. The summed E-state index contributed by atoms with van der Waals surface area (Å²) >= 11 is 0. The van der Waals surface area contributed by atoms with Crippen LogP contribution in [0.25, 0.3) is 0 Å². The first kappa shape index (κ1) is 17.1. The van der Waals surface area contributed by atoms with Gasteiger partial charge in [-0.3, -0.25) is 14.8 Å². The normalized spacial score (nSPS) is 27.6. The Morgan fingerprint density at radius 3 is 2.68 bits per heavy atom. The number of amides is 1. The molecule has 1 N–H and O–H groups in total. The fourth-order valence-corrected chi connectivity index (χ4v) is 5.00. The molecule has 1 aromatic heterocycles. The Labute approximate surface area is 151 Å². The molecule has 5 heteroatoms. The van der Waals surface area contributed by atoms with E-state index < -0.39 is 0 Å². The lowest BCUT2D eigenvalue weighted by atomic mass is 9.92. The van der Waals surface area contributed by atoms with Crippen LogP contribution in [0, 0.1) is 5.92 Å². The second-order valence-electron chi connectivity index (χ2n) is 8.64. The molecular weight excluding hydrogens is 312 g/mol. The van der Waals surface area contributed by atoms with Gasteiger partial charge >= 0.3 is 0 Å². The van der Waals surface area contributed by atoms with Crippen molar-refractivity contribution in [2.45, 2.75) is 70.3 Å². The van der Waals surface area contributed by atoms with Crippen molar-refractivity contribution >= 4 is 5.91 Å². The zero-order chi connectivity index (χ0) is 17.4. The molecule has 1 aliphatic carbocycles. The van der Waals surface area contributed by atoms with E-state index in [2.05, 4.69) is 39.9 Å². The summed E-state index contributed by atoms with van der Waals surface area (Å²) in [5.41, 5.74) is 2.40. The second kappa shape index (κ2) is 7.10. The van der Waals surface area contributed by atoms with Crippen molar-refractivity contribution < 1.29 is 4.79 Å². The van der Waals surface area contributed by atoms with Gasteiger partial charge in [0.15, 0.2) is 0 Å². The Hall–Kier alpha value is -1.36. The van der Waals surface area contributed by atoms with Gasteiger partial charge in [-0.05, 0) is 50.0 Å². The van der Waals surface area contributed by atoms with E-state index in [1.807, 2.05) is 0 Å². The quantitative estimate of drug-likeness (QED) is 0.893. The minimum absolute atomic E-state index is 0.355. The summed E-state index contributed by atoms with van der Waals surface area (Å²) in [7, 11) is 0. The molecule has 0 aromatic carbocycles. The molecule has 4 rings (SSSR count). The largest absolute Gasteiger partial charge is 0.343 e. The van der Waals surface area contributed by atoms with E-state index in [1.54, 1.807) is 0 Å². The summed E-state index contributed by atoms with van der Waals surface area (Å²) in [5.74, 6) is 2.26. The minimum atomic E-state index is 0.355. The van der Waals surface area contributed by atoms with Crippen molar-refractivity contribution in [2.24, 2.45) is 5.92 Å². The van der Waals surface area contributed by atoms with Gasteiger partial charge in [-0.2, -0.15) is 5.10 Å². The van der Waals surface area contributed by atoms with Gasteiger partial charge in [-0.25, -0.2) is 0 Å². The number of hydrogen-bond donors (Lipinski definition) is 1. The predicted octanol–water partition coefficient (Wildman–Crippen LogP) is 3.11.